The summed E-state index contributed by atoms with van der Waals surface area (Å²) >= 11 is 0. The normalized spacial score (nSPS) is 23.0. The van der Waals surface area contributed by atoms with Gasteiger partial charge >= 0.3 is 7.12 Å². The van der Waals surface area contributed by atoms with Gasteiger partial charge in [-0.15, -0.1) is 0 Å². The zero-order chi connectivity index (χ0) is 18.1. The quantitative estimate of drug-likeness (QED) is 0.762. The van der Waals surface area contributed by atoms with Crippen LogP contribution in [0.2, 0.25) is 0 Å². The summed E-state index contributed by atoms with van der Waals surface area (Å²) in [4.78, 5) is 2.37. The summed E-state index contributed by atoms with van der Waals surface area (Å²) in [6.07, 6.45) is 0. The smallest absolute Gasteiger partial charge is 0.492 e. The fraction of sp³-hybridized carbons (Fsp3) is 0.684. The van der Waals surface area contributed by atoms with E-state index in [2.05, 4.69) is 45.6 Å². The molecule has 0 spiro atoms. The van der Waals surface area contributed by atoms with Crippen LogP contribution in [0.15, 0.2) is 18.2 Å². The summed E-state index contributed by atoms with van der Waals surface area (Å²) in [5, 5.41) is 0. The maximum atomic E-state index is 6.12. The number of nitrogens with zero attached hydrogens (tertiary/aromatic N) is 1. The predicted molar refractivity (Wildman–Crippen MR) is 99.6 cm³/mol. The molecule has 2 aliphatic heterocycles. The molecular formula is C19H30BNO4. The third-order valence-electron chi connectivity index (χ3n) is 5.49. The Hall–Kier alpha value is -1.08. The zero-order valence-electron chi connectivity index (χ0n) is 16.1. The molecule has 2 fully saturated rings. The minimum atomic E-state index is -0.328. The number of rotatable bonds is 5. The summed E-state index contributed by atoms with van der Waals surface area (Å²) < 4.78 is 23.6. The molecule has 2 heterocycles. The molecule has 5 nitrogen and oxygen atoms in total. The lowest BCUT2D eigenvalue weighted by Crippen LogP contribution is -2.41. The SMILES string of the molecule is Cc1cc(B2OC(C)(C)C(C)(C)O2)ccc1OCCN1CCOCC1. The van der Waals surface area contributed by atoms with Crippen molar-refractivity contribution in [1.82, 2.24) is 4.90 Å². The van der Waals surface area contributed by atoms with E-state index in [-0.39, 0.29) is 18.3 Å². The van der Waals surface area contributed by atoms with Crippen LogP contribution in [-0.4, -0.2) is 62.7 Å². The van der Waals surface area contributed by atoms with Crippen LogP contribution in [0.1, 0.15) is 33.3 Å². The molecule has 0 saturated carbocycles. The van der Waals surface area contributed by atoms with Gasteiger partial charge in [0.25, 0.3) is 0 Å². The Kier molecular flexibility index (Phi) is 5.44. The molecule has 0 aliphatic carbocycles. The first-order chi connectivity index (χ1) is 11.8. The molecule has 0 radical (unpaired) electrons. The number of aryl methyl sites for hydroxylation is 1. The van der Waals surface area contributed by atoms with Crippen LogP contribution in [0.25, 0.3) is 0 Å². The maximum Gasteiger partial charge on any atom is 0.494 e. The monoisotopic (exact) mass is 347 g/mol. The van der Waals surface area contributed by atoms with Gasteiger partial charge in [0.15, 0.2) is 0 Å². The highest BCUT2D eigenvalue weighted by Gasteiger charge is 2.51. The number of hydrogen-bond donors (Lipinski definition) is 0. The lowest BCUT2D eigenvalue weighted by atomic mass is 9.78. The minimum Gasteiger partial charge on any atom is -0.492 e. The molecule has 138 valence electrons. The Balaban J connectivity index is 1.58. The third kappa shape index (κ3) is 4.19. The molecule has 2 aliphatic rings. The zero-order valence-corrected chi connectivity index (χ0v) is 16.1. The van der Waals surface area contributed by atoms with Crippen molar-refractivity contribution in [1.29, 1.82) is 0 Å². The van der Waals surface area contributed by atoms with E-state index >= 15 is 0 Å². The van der Waals surface area contributed by atoms with Gasteiger partial charge in [-0.25, -0.2) is 0 Å². The molecular weight excluding hydrogens is 317 g/mol. The first kappa shape index (κ1) is 18.7. The fourth-order valence-electron chi connectivity index (χ4n) is 3.07. The Bertz CT molecular complexity index is 583. The molecule has 6 heteroatoms. The van der Waals surface area contributed by atoms with Crippen LogP contribution in [0, 0.1) is 6.92 Å². The van der Waals surface area contributed by atoms with Gasteiger partial charge in [-0.05, 0) is 51.7 Å². The number of hydrogen-bond acceptors (Lipinski definition) is 5. The molecule has 3 rings (SSSR count). The number of ether oxygens (including phenoxy) is 2. The third-order valence-corrected chi connectivity index (χ3v) is 5.49. The van der Waals surface area contributed by atoms with Crippen molar-refractivity contribution < 1.29 is 18.8 Å². The van der Waals surface area contributed by atoms with E-state index in [1.165, 1.54) is 0 Å². The van der Waals surface area contributed by atoms with Crippen molar-refractivity contribution in [2.24, 2.45) is 0 Å². The molecule has 0 atom stereocenters. The van der Waals surface area contributed by atoms with E-state index in [1.54, 1.807) is 0 Å². The Labute approximate surface area is 151 Å². The Morgan fingerprint density at radius 1 is 1.08 bits per heavy atom. The van der Waals surface area contributed by atoms with E-state index in [0.29, 0.717) is 6.61 Å². The lowest BCUT2D eigenvalue weighted by Gasteiger charge is -2.32. The largest absolute Gasteiger partial charge is 0.494 e. The second kappa shape index (κ2) is 7.27. The predicted octanol–water partition coefficient (Wildman–Crippen LogP) is 2.01. The van der Waals surface area contributed by atoms with Gasteiger partial charge < -0.3 is 18.8 Å². The van der Waals surface area contributed by atoms with Crippen molar-refractivity contribution in [2.45, 2.75) is 45.8 Å². The fourth-order valence-corrected chi connectivity index (χ4v) is 3.07. The molecule has 25 heavy (non-hydrogen) atoms. The summed E-state index contributed by atoms with van der Waals surface area (Å²) in [5.41, 5.74) is 1.50. The first-order valence-corrected chi connectivity index (χ1v) is 9.18. The van der Waals surface area contributed by atoms with Crippen LogP contribution < -0.4 is 10.2 Å². The Morgan fingerprint density at radius 3 is 2.32 bits per heavy atom. The molecule has 0 bridgehead atoms. The second-order valence-corrected chi connectivity index (χ2v) is 7.92. The van der Waals surface area contributed by atoms with Gasteiger partial charge in [0.05, 0.1) is 24.4 Å². The summed E-state index contributed by atoms with van der Waals surface area (Å²) in [6.45, 7) is 15.6. The number of benzene rings is 1. The average Bonchev–Trinajstić information content (AvgIpc) is 2.78. The van der Waals surface area contributed by atoms with Crippen LogP contribution in [0.4, 0.5) is 0 Å². The number of morpholine rings is 1. The van der Waals surface area contributed by atoms with E-state index in [9.17, 15) is 0 Å². The van der Waals surface area contributed by atoms with Crippen molar-refractivity contribution in [3.05, 3.63) is 23.8 Å². The van der Waals surface area contributed by atoms with Crippen molar-refractivity contribution in [3.8, 4) is 5.75 Å². The van der Waals surface area contributed by atoms with Gasteiger partial charge in [-0.3, -0.25) is 4.90 Å². The molecule has 1 aromatic rings. The first-order valence-electron chi connectivity index (χ1n) is 9.18. The highest BCUT2D eigenvalue weighted by molar-refractivity contribution is 6.62. The molecule has 0 amide bonds. The van der Waals surface area contributed by atoms with E-state index in [0.717, 1.165) is 49.6 Å². The van der Waals surface area contributed by atoms with Crippen LogP contribution in [-0.2, 0) is 14.0 Å². The molecule has 0 N–H and O–H groups in total. The van der Waals surface area contributed by atoms with Gasteiger partial charge in [-0.1, -0.05) is 12.1 Å². The van der Waals surface area contributed by atoms with Crippen molar-refractivity contribution in [3.63, 3.8) is 0 Å². The van der Waals surface area contributed by atoms with Crippen LogP contribution >= 0.6 is 0 Å². The maximum absolute atomic E-state index is 6.12. The highest BCUT2D eigenvalue weighted by Crippen LogP contribution is 2.36. The minimum absolute atomic E-state index is 0.321. The molecule has 0 aromatic heterocycles. The van der Waals surface area contributed by atoms with Crippen molar-refractivity contribution in [2.75, 3.05) is 39.5 Å². The van der Waals surface area contributed by atoms with Gasteiger partial charge in [0.1, 0.15) is 12.4 Å². The van der Waals surface area contributed by atoms with Crippen molar-refractivity contribution >= 4 is 12.6 Å². The van der Waals surface area contributed by atoms with Crippen LogP contribution in [0.3, 0.4) is 0 Å². The average molecular weight is 347 g/mol. The highest BCUT2D eigenvalue weighted by atomic mass is 16.7. The second-order valence-electron chi connectivity index (χ2n) is 7.92. The molecule has 2 saturated heterocycles. The lowest BCUT2D eigenvalue weighted by molar-refractivity contribution is 0.00578. The van der Waals surface area contributed by atoms with E-state index in [4.69, 9.17) is 18.8 Å². The summed E-state index contributed by atoms with van der Waals surface area (Å²) in [5.74, 6) is 0.925. The van der Waals surface area contributed by atoms with E-state index < -0.39 is 0 Å². The van der Waals surface area contributed by atoms with Gasteiger partial charge in [0.2, 0.25) is 0 Å². The Morgan fingerprint density at radius 2 is 1.72 bits per heavy atom. The summed E-state index contributed by atoms with van der Waals surface area (Å²) in [6, 6.07) is 6.17. The van der Waals surface area contributed by atoms with Gasteiger partial charge in [0, 0.05) is 19.6 Å². The topological polar surface area (TPSA) is 40.2 Å². The van der Waals surface area contributed by atoms with Gasteiger partial charge in [-0.2, -0.15) is 0 Å². The molecule has 0 unspecified atom stereocenters. The molecule has 1 aromatic carbocycles. The van der Waals surface area contributed by atoms with Crippen LogP contribution in [0.5, 0.6) is 5.75 Å². The van der Waals surface area contributed by atoms with E-state index in [1.807, 2.05) is 12.1 Å². The summed E-state index contributed by atoms with van der Waals surface area (Å²) in [7, 11) is -0.328. The standard InChI is InChI=1S/C19H30BNO4/c1-15-14-16(20-24-18(2,3)19(4,5)25-20)6-7-17(15)23-13-10-21-8-11-22-12-9-21/h6-7,14H,8-13H2,1-5H3.